The molecule has 30 heavy (non-hydrogen) atoms. The van der Waals surface area contributed by atoms with Crippen LogP contribution in [0.5, 0.6) is 0 Å². The van der Waals surface area contributed by atoms with E-state index in [1.54, 1.807) is 42.3 Å². The molecule has 2 N–H and O–H groups in total. The zero-order chi connectivity index (χ0) is 21.3. The number of hydrogen-bond acceptors (Lipinski definition) is 4. The van der Waals surface area contributed by atoms with Gasteiger partial charge in [0.15, 0.2) is 0 Å². The molecule has 1 fully saturated rings. The van der Waals surface area contributed by atoms with Crippen LogP contribution in [0.1, 0.15) is 12.0 Å². The molecule has 0 aliphatic carbocycles. The second-order valence-electron chi connectivity index (χ2n) is 7.11. The molecule has 8 nitrogen and oxygen atoms in total. The largest absolute Gasteiger partial charge is 0.318 e. The lowest BCUT2D eigenvalue weighted by molar-refractivity contribution is -0.133. The second kappa shape index (κ2) is 7.82. The van der Waals surface area contributed by atoms with Gasteiger partial charge in [-0.15, -0.1) is 0 Å². The van der Waals surface area contributed by atoms with E-state index in [1.165, 1.54) is 4.68 Å². The monoisotopic (exact) mass is 403 g/mol. The van der Waals surface area contributed by atoms with Crippen molar-refractivity contribution in [3.05, 3.63) is 60.2 Å². The van der Waals surface area contributed by atoms with Crippen LogP contribution >= 0.6 is 0 Å². The zero-order valence-corrected chi connectivity index (χ0v) is 16.7. The van der Waals surface area contributed by atoms with E-state index in [9.17, 15) is 14.4 Å². The van der Waals surface area contributed by atoms with E-state index in [0.717, 1.165) is 11.1 Å². The number of anilines is 3. The highest BCUT2D eigenvalue weighted by Crippen LogP contribution is 2.26. The Morgan fingerprint density at radius 1 is 1.00 bits per heavy atom. The summed E-state index contributed by atoms with van der Waals surface area (Å²) in [7, 11) is 1.70. The summed E-state index contributed by atoms with van der Waals surface area (Å²) in [5, 5.41) is 9.59. The van der Waals surface area contributed by atoms with Gasteiger partial charge in [-0.25, -0.2) is 0 Å². The summed E-state index contributed by atoms with van der Waals surface area (Å²) in [6, 6.07) is 16.4. The summed E-state index contributed by atoms with van der Waals surface area (Å²) in [5.41, 5.74) is 3.86. The average molecular weight is 403 g/mol. The van der Waals surface area contributed by atoms with Crippen LogP contribution in [-0.2, 0) is 21.4 Å². The fraction of sp³-hybridized carbons (Fsp3) is 0.182. The van der Waals surface area contributed by atoms with Gasteiger partial charge in [-0.1, -0.05) is 30.3 Å². The zero-order valence-electron chi connectivity index (χ0n) is 16.7. The van der Waals surface area contributed by atoms with Gasteiger partial charge in [0.05, 0.1) is 5.69 Å². The minimum atomic E-state index is -0.806. The highest BCUT2D eigenvalue weighted by atomic mass is 16.2. The summed E-state index contributed by atoms with van der Waals surface area (Å²) in [6.45, 7) is 2.64. The van der Waals surface area contributed by atoms with E-state index in [2.05, 4.69) is 15.7 Å². The van der Waals surface area contributed by atoms with Crippen LogP contribution < -0.4 is 15.5 Å². The van der Waals surface area contributed by atoms with E-state index in [4.69, 9.17) is 0 Å². The molecule has 0 unspecified atom stereocenters. The Kier molecular flexibility index (Phi) is 5.05. The van der Waals surface area contributed by atoms with Gasteiger partial charge in [-0.2, -0.15) is 5.10 Å². The van der Waals surface area contributed by atoms with E-state index < -0.39 is 11.8 Å². The average Bonchev–Trinajstić information content (AvgIpc) is 3.07. The van der Waals surface area contributed by atoms with E-state index >= 15 is 0 Å². The first kappa shape index (κ1) is 19.4. The van der Waals surface area contributed by atoms with Gasteiger partial charge in [0.2, 0.25) is 5.91 Å². The molecule has 0 atom stereocenters. The third-order valence-electron chi connectivity index (χ3n) is 5.01. The van der Waals surface area contributed by atoms with Crippen LogP contribution in [0.4, 0.5) is 17.2 Å². The van der Waals surface area contributed by atoms with Crippen LogP contribution in [-0.4, -0.2) is 34.0 Å². The lowest BCUT2D eigenvalue weighted by Gasteiger charge is -2.30. The van der Waals surface area contributed by atoms with Crippen molar-refractivity contribution in [3.63, 3.8) is 0 Å². The SMILES string of the molecule is Cc1ccccc1-c1cc(NC(=O)C(=O)Nc2cccc(N3CCC3=O)c2)n(C)n1. The van der Waals surface area contributed by atoms with Gasteiger partial charge in [0, 0.05) is 43.0 Å². The minimum Gasteiger partial charge on any atom is -0.318 e. The van der Waals surface area contributed by atoms with Crippen molar-refractivity contribution < 1.29 is 14.4 Å². The number of benzene rings is 2. The third-order valence-corrected chi connectivity index (χ3v) is 5.01. The normalized spacial score (nSPS) is 13.0. The van der Waals surface area contributed by atoms with Gasteiger partial charge >= 0.3 is 11.8 Å². The molecule has 3 aromatic rings. The Balaban J connectivity index is 1.44. The number of nitrogens with one attached hydrogen (secondary N) is 2. The molecule has 1 aliphatic rings. The van der Waals surface area contributed by atoms with Gasteiger partial charge < -0.3 is 15.5 Å². The maximum atomic E-state index is 12.4. The molecule has 0 saturated carbocycles. The Labute approximate surface area is 173 Å². The first-order valence-corrected chi connectivity index (χ1v) is 9.55. The molecule has 1 saturated heterocycles. The summed E-state index contributed by atoms with van der Waals surface area (Å²) >= 11 is 0. The van der Waals surface area contributed by atoms with Crippen molar-refractivity contribution >= 4 is 34.9 Å². The molecule has 1 aromatic heterocycles. The highest BCUT2D eigenvalue weighted by molar-refractivity contribution is 6.43. The van der Waals surface area contributed by atoms with Crippen molar-refractivity contribution in [3.8, 4) is 11.3 Å². The molecule has 0 radical (unpaired) electrons. The molecule has 8 heteroatoms. The summed E-state index contributed by atoms with van der Waals surface area (Å²) in [4.78, 5) is 38.0. The molecule has 2 heterocycles. The number of aryl methyl sites for hydroxylation is 2. The second-order valence-corrected chi connectivity index (χ2v) is 7.11. The van der Waals surface area contributed by atoms with Gasteiger partial charge in [0.1, 0.15) is 5.82 Å². The maximum absolute atomic E-state index is 12.4. The Morgan fingerprint density at radius 3 is 2.47 bits per heavy atom. The number of nitrogens with zero attached hydrogens (tertiary/aromatic N) is 3. The van der Waals surface area contributed by atoms with E-state index in [0.29, 0.717) is 35.9 Å². The number of aromatic nitrogens is 2. The Morgan fingerprint density at radius 2 is 1.77 bits per heavy atom. The molecule has 4 rings (SSSR count). The third kappa shape index (κ3) is 3.80. The van der Waals surface area contributed by atoms with E-state index in [1.807, 2.05) is 31.2 Å². The minimum absolute atomic E-state index is 0.0388. The number of carbonyl (C=O) groups excluding carboxylic acids is 3. The molecule has 0 bridgehead atoms. The van der Waals surface area contributed by atoms with Crippen LogP contribution in [0.2, 0.25) is 0 Å². The van der Waals surface area contributed by atoms with Crippen molar-refractivity contribution in [1.82, 2.24) is 9.78 Å². The lowest BCUT2D eigenvalue weighted by Crippen LogP contribution is -2.43. The first-order valence-electron chi connectivity index (χ1n) is 9.55. The predicted octanol–water partition coefficient (Wildman–Crippen LogP) is 2.71. The standard InChI is InChI=1S/C22H21N5O3/c1-14-6-3-4-9-17(14)18-13-19(26(2)25-18)24-22(30)21(29)23-15-7-5-8-16(12-15)27-11-10-20(27)28/h3-9,12-13H,10-11H2,1-2H3,(H,23,29)(H,24,30). The van der Waals surface area contributed by atoms with Crippen molar-refractivity contribution in [1.29, 1.82) is 0 Å². The van der Waals surface area contributed by atoms with Gasteiger partial charge in [0.25, 0.3) is 0 Å². The first-order chi connectivity index (χ1) is 14.4. The molecular weight excluding hydrogens is 382 g/mol. The smallest absolute Gasteiger partial charge is 0.315 e. The Bertz CT molecular complexity index is 1150. The number of amides is 3. The summed E-state index contributed by atoms with van der Waals surface area (Å²) < 4.78 is 1.52. The molecule has 2 aromatic carbocycles. The number of hydrogen-bond donors (Lipinski definition) is 2. The van der Waals surface area contributed by atoms with Crippen molar-refractivity contribution in [2.75, 3.05) is 22.1 Å². The molecule has 152 valence electrons. The highest BCUT2D eigenvalue weighted by Gasteiger charge is 2.25. The summed E-state index contributed by atoms with van der Waals surface area (Å²) in [6.07, 6.45) is 0.522. The number of rotatable bonds is 4. The van der Waals surface area contributed by atoms with Crippen LogP contribution in [0.15, 0.2) is 54.6 Å². The van der Waals surface area contributed by atoms with Gasteiger partial charge in [-0.3, -0.25) is 19.1 Å². The number of β-lactam (4-membered cyclic amide) rings is 1. The Hall–Kier alpha value is -3.94. The van der Waals surface area contributed by atoms with Crippen LogP contribution in [0.3, 0.4) is 0 Å². The lowest BCUT2D eigenvalue weighted by atomic mass is 10.1. The maximum Gasteiger partial charge on any atom is 0.315 e. The fourth-order valence-electron chi connectivity index (χ4n) is 3.28. The number of carbonyl (C=O) groups is 3. The summed E-state index contributed by atoms with van der Waals surface area (Å²) in [5.74, 6) is -1.16. The van der Waals surface area contributed by atoms with Gasteiger partial charge in [-0.05, 0) is 30.7 Å². The topological polar surface area (TPSA) is 96.3 Å². The molecule has 3 amide bonds. The van der Waals surface area contributed by atoms with Crippen molar-refractivity contribution in [2.45, 2.75) is 13.3 Å². The molecule has 0 spiro atoms. The molecule has 1 aliphatic heterocycles. The van der Waals surface area contributed by atoms with Crippen molar-refractivity contribution in [2.24, 2.45) is 7.05 Å². The molecular formula is C22H21N5O3. The van der Waals surface area contributed by atoms with Crippen LogP contribution in [0.25, 0.3) is 11.3 Å². The fourth-order valence-corrected chi connectivity index (χ4v) is 3.28. The van der Waals surface area contributed by atoms with E-state index in [-0.39, 0.29) is 5.91 Å². The van der Waals surface area contributed by atoms with Crippen LogP contribution in [0, 0.1) is 6.92 Å². The quantitative estimate of drug-likeness (QED) is 0.517. The predicted molar refractivity (Wildman–Crippen MR) is 114 cm³/mol.